The van der Waals surface area contributed by atoms with Crippen molar-refractivity contribution in [2.24, 2.45) is 0 Å². The minimum atomic E-state index is -0.246. The first kappa shape index (κ1) is 23.8. The highest BCUT2D eigenvalue weighted by molar-refractivity contribution is 6.11. The quantitative estimate of drug-likeness (QED) is 0.484. The number of hydrogen-bond acceptors (Lipinski definition) is 5. The SMILES string of the molecule is COc1cc(N(C(=O)c2ccccc2)c2ccc(O)cc2)ccc1C(=O)NCCCN(C)C. The van der Waals surface area contributed by atoms with E-state index in [1.54, 1.807) is 54.6 Å². The number of carbonyl (C=O) groups excluding carboxylic acids is 2. The van der Waals surface area contributed by atoms with E-state index in [1.165, 1.54) is 24.1 Å². The second-order valence-corrected chi connectivity index (χ2v) is 7.82. The van der Waals surface area contributed by atoms with E-state index in [0.29, 0.717) is 34.8 Å². The average Bonchev–Trinajstić information content (AvgIpc) is 2.83. The van der Waals surface area contributed by atoms with Gasteiger partial charge in [0.1, 0.15) is 11.5 Å². The van der Waals surface area contributed by atoms with Crippen LogP contribution in [-0.2, 0) is 0 Å². The highest BCUT2D eigenvalue weighted by Crippen LogP contribution is 2.33. The molecule has 172 valence electrons. The third-order valence-electron chi connectivity index (χ3n) is 5.09. The Bertz CT molecular complexity index is 1080. The minimum Gasteiger partial charge on any atom is -0.508 e. The average molecular weight is 448 g/mol. The van der Waals surface area contributed by atoms with Crippen molar-refractivity contribution in [3.8, 4) is 11.5 Å². The number of phenols is 1. The van der Waals surface area contributed by atoms with Crippen molar-refractivity contribution in [3.05, 3.63) is 83.9 Å². The van der Waals surface area contributed by atoms with Crippen LogP contribution in [0.2, 0.25) is 0 Å². The van der Waals surface area contributed by atoms with Gasteiger partial charge in [-0.15, -0.1) is 0 Å². The summed E-state index contributed by atoms with van der Waals surface area (Å²) in [4.78, 5) is 29.7. The summed E-state index contributed by atoms with van der Waals surface area (Å²) in [7, 11) is 5.46. The molecule has 0 aliphatic rings. The third kappa shape index (κ3) is 6.11. The predicted molar refractivity (Wildman–Crippen MR) is 130 cm³/mol. The second kappa shape index (κ2) is 11.2. The molecule has 0 aliphatic carbocycles. The first-order valence-corrected chi connectivity index (χ1v) is 10.7. The first-order valence-electron chi connectivity index (χ1n) is 10.7. The van der Waals surface area contributed by atoms with Crippen LogP contribution in [0, 0.1) is 0 Å². The lowest BCUT2D eigenvalue weighted by Gasteiger charge is -2.24. The Labute approximate surface area is 194 Å². The van der Waals surface area contributed by atoms with Gasteiger partial charge in [-0.2, -0.15) is 0 Å². The van der Waals surface area contributed by atoms with Gasteiger partial charge in [-0.1, -0.05) is 18.2 Å². The molecule has 7 heteroatoms. The smallest absolute Gasteiger partial charge is 0.262 e. The normalized spacial score (nSPS) is 10.7. The van der Waals surface area contributed by atoms with Gasteiger partial charge in [0.15, 0.2) is 0 Å². The van der Waals surface area contributed by atoms with Crippen LogP contribution in [0.3, 0.4) is 0 Å². The van der Waals surface area contributed by atoms with Gasteiger partial charge in [-0.05, 0) is 75.6 Å². The van der Waals surface area contributed by atoms with E-state index in [2.05, 4.69) is 10.2 Å². The number of ether oxygens (including phenoxy) is 1. The van der Waals surface area contributed by atoms with Crippen molar-refractivity contribution >= 4 is 23.2 Å². The molecule has 0 heterocycles. The lowest BCUT2D eigenvalue weighted by molar-refractivity contribution is 0.0948. The maximum atomic E-state index is 13.4. The molecular formula is C26H29N3O4. The van der Waals surface area contributed by atoms with Crippen LogP contribution < -0.4 is 15.0 Å². The summed E-state index contributed by atoms with van der Waals surface area (Å²) < 4.78 is 5.50. The number of hydrogen-bond donors (Lipinski definition) is 2. The Hall–Kier alpha value is -3.84. The molecule has 0 aromatic heterocycles. The zero-order valence-electron chi connectivity index (χ0n) is 19.1. The maximum absolute atomic E-state index is 13.4. The van der Waals surface area contributed by atoms with Gasteiger partial charge in [0.05, 0.1) is 18.4 Å². The standard InChI is InChI=1S/C26H29N3O4/c1-28(2)17-7-16-27-25(31)23-15-12-21(18-24(23)33-3)29(20-10-13-22(30)14-11-20)26(32)19-8-5-4-6-9-19/h4-6,8-15,18,30H,7,16-17H2,1-3H3,(H,27,31). The molecule has 2 amide bonds. The number of benzene rings is 3. The lowest BCUT2D eigenvalue weighted by atomic mass is 10.1. The van der Waals surface area contributed by atoms with E-state index < -0.39 is 0 Å². The topological polar surface area (TPSA) is 82.1 Å². The molecule has 0 fully saturated rings. The molecule has 3 aromatic rings. The second-order valence-electron chi connectivity index (χ2n) is 7.82. The van der Waals surface area contributed by atoms with Crippen molar-refractivity contribution < 1.29 is 19.4 Å². The molecule has 0 saturated carbocycles. The van der Waals surface area contributed by atoms with Crippen LogP contribution in [0.5, 0.6) is 11.5 Å². The lowest BCUT2D eigenvalue weighted by Crippen LogP contribution is -2.28. The Balaban J connectivity index is 1.93. The predicted octanol–water partition coefficient (Wildman–Crippen LogP) is 4.06. The van der Waals surface area contributed by atoms with Gasteiger partial charge in [0.25, 0.3) is 11.8 Å². The van der Waals surface area contributed by atoms with Crippen LogP contribution in [0.15, 0.2) is 72.8 Å². The third-order valence-corrected chi connectivity index (χ3v) is 5.09. The maximum Gasteiger partial charge on any atom is 0.262 e. The monoisotopic (exact) mass is 447 g/mol. The van der Waals surface area contributed by atoms with Crippen molar-refractivity contribution in [3.63, 3.8) is 0 Å². The molecule has 0 aliphatic heterocycles. The summed E-state index contributed by atoms with van der Waals surface area (Å²) in [6.07, 6.45) is 0.833. The van der Waals surface area contributed by atoms with Crippen molar-refractivity contribution in [2.45, 2.75) is 6.42 Å². The summed E-state index contributed by atoms with van der Waals surface area (Å²) in [5.41, 5.74) is 2.01. The summed E-state index contributed by atoms with van der Waals surface area (Å²) in [5, 5.41) is 12.6. The van der Waals surface area contributed by atoms with Gasteiger partial charge in [-0.25, -0.2) is 0 Å². The van der Waals surface area contributed by atoms with Crippen LogP contribution in [0.4, 0.5) is 11.4 Å². The Morgan fingerprint density at radius 2 is 1.61 bits per heavy atom. The van der Waals surface area contributed by atoms with Gasteiger partial charge in [-0.3, -0.25) is 14.5 Å². The molecule has 0 unspecified atom stereocenters. The molecule has 3 aromatic carbocycles. The van der Waals surface area contributed by atoms with E-state index in [4.69, 9.17) is 4.74 Å². The molecule has 0 spiro atoms. The molecule has 0 bridgehead atoms. The van der Waals surface area contributed by atoms with Gasteiger partial charge in [0.2, 0.25) is 0 Å². The summed E-state index contributed by atoms with van der Waals surface area (Å²) in [6.45, 7) is 1.42. The Morgan fingerprint density at radius 1 is 0.939 bits per heavy atom. The molecule has 0 saturated heterocycles. The number of nitrogens with zero attached hydrogens (tertiary/aromatic N) is 2. The first-order chi connectivity index (χ1) is 15.9. The number of nitrogens with one attached hydrogen (secondary N) is 1. The molecule has 3 rings (SSSR count). The molecule has 2 N–H and O–H groups in total. The summed E-state index contributed by atoms with van der Waals surface area (Å²) in [5.74, 6) is -0.0149. The van der Waals surface area contributed by atoms with E-state index in [0.717, 1.165) is 13.0 Å². The summed E-state index contributed by atoms with van der Waals surface area (Å²) in [6, 6.07) is 20.3. The highest BCUT2D eigenvalue weighted by atomic mass is 16.5. The fourth-order valence-corrected chi connectivity index (χ4v) is 3.39. The number of phenolic OH excluding ortho intramolecular Hbond substituents is 1. The van der Waals surface area contributed by atoms with Gasteiger partial charge >= 0.3 is 0 Å². The van der Waals surface area contributed by atoms with Crippen LogP contribution >= 0.6 is 0 Å². The number of methoxy groups -OCH3 is 1. The molecule has 7 nitrogen and oxygen atoms in total. The fraction of sp³-hybridized carbons (Fsp3) is 0.231. The Kier molecular flexibility index (Phi) is 8.05. The van der Waals surface area contributed by atoms with E-state index in [9.17, 15) is 14.7 Å². The zero-order valence-corrected chi connectivity index (χ0v) is 19.1. The summed E-state index contributed by atoms with van der Waals surface area (Å²) >= 11 is 0. The van der Waals surface area contributed by atoms with E-state index in [-0.39, 0.29) is 17.6 Å². The van der Waals surface area contributed by atoms with Gasteiger partial charge in [0, 0.05) is 23.9 Å². The highest BCUT2D eigenvalue weighted by Gasteiger charge is 2.22. The largest absolute Gasteiger partial charge is 0.508 e. The fourth-order valence-electron chi connectivity index (χ4n) is 3.39. The van der Waals surface area contributed by atoms with Crippen molar-refractivity contribution in [1.29, 1.82) is 0 Å². The van der Waals surface area contributed by atoms with Crippen LogP contribution in [0.25, 0.3) is 0 Å². The number of amides is 2. The molecular weight excluding hydrogens is 418 g/mol. The number of aromatic hydroxyl groups is 1. The number of anilines is 2. The van der Waals surface area contributed by atoms with Gasteiger partial charge < -0.3 is 20.1 Å². The van der Waals surface area contributed by atoms with Crippen LogP contribution in [-0.4, -0.2) is 56.1 Å². The Morgan fingerprint density at radius 3 is 2.24 bits per heavy atom. The van der Waals surface area contributed by atoms with Crippen LogP contribution in [0.1, 0.15) is 27.1 Å². The number of rotatable bonds is 9. The van der Waals surface area contributed by atoms with Crippen molar-refractivity contribution in [1.82, 2.24) is 10.2 Å². The molecule has 0 radical (unpaired) electrons. The van der Waals surface area contributed by atoms with Crippen molar-refractivity contribution in [2.75, 3.05) is 39.2 Å². The van der Waals surface area contributed by atoms with E-state index >= 15 is 0 Å². The van der Waals surface area contributed by atoms with E-state index in [1.807, 2.05) is 20.2 Å². The molecule has 33 heavy (non-hydrogen) atoms. The minimum absolute atomic E-state index is 0.102. The zero-order chi connectivity index (χ0) is 23.8. The molecule has 0 atom stereocenters. The number of carbonyl (C=O) groups is 2.